The van der Waals surface area contributed by atoms with Gasteiger partial charge in [-0.2, -0.15) is 0 Å². The summed E-state index contributed by atoms with van der Waals surface area (Å²) < 4.78 is 4.82. The highest BCUT2D eigenvalue weighted by Crippen LogP contribution is 2.41. The number of likely N-dealkylation sites (tertiary alicyclic amines) is 1. The molecule has 2 unspecified atom stereocenters. The molecular formula is C13H19NO3. The van der Waals surface area contributed by atoms with E-state index in [9.17, 15) is 9.59 Å². The Bertz CT molecular complexity index is 302. The van der Waals surface area contributed by atoms with Gasteiger partial charge in [0, 0.05) is 19.5 Å². The third-order valence-electron chi connectivity index (χ3n) is 4.08. The van der Waals surface area contributed by atoms with Crippen LogP contribution in [0.5, 0.6) is 0 Å². The number of ether oxygens (including phenoxy) is 1. The second-order valence-electron chi connectivity index (χ2n) is 4.97. The highest BCUT2D eigenvalue weighted by atomic mass is 16.5. The molecule has 0 aromatic rings. The number of hydrogen-bond donors (Lipinski definition) is 0. The van der Waals surface area contributed by atoms with Gasteiger partial charge < -0.3 is 14.4 Å². The molecule has 0 aromatic carbocycles. The van der Waals surface area contributed by atoms with Gasteiger partial charge in [-0.25, -0.2) is 4.79 Å². The summed E-state index contributed by atoms with van der Waals surface area (Å²) in [6, 6.07) is 0. The van der Waals surface area contributed by atoms with E-state index in [1.807, 2.05) is 0 Å². The van der Waals surface area contributed by atoms with Gasteiger partial charge in [0.05, 0.1) is 6.26 Å². The molecule has 17 heavy (non-hydrogen) atoms. The van der Waals surface area contributed by atoms with E-state index in [1.54, 1.807) is 4.90 Å². The molecule has 4 heteroatoms. The van der Waals surface area contributed by atoms with Crippen LogP contribution in [0.1, 0.15) is 25.7 Å². The molecule has 1 saturated carbocycles. The van der Waals surface area contributed by atoms with Crippen LogP contribution in [0.3, 0.4) is 0 Å². The monoisotopic (exact) mass is 237 g/mol. The highest BCUT2D eigenvalue weighted by Gasteiger charge is 2.40. The Hall–Kier alpha value is -1.32. The zero-order valence-corrected chi connectivity index (χ0v) is 10.0. The number of carbonyl (C=O) groups excluding carboxylic acids is 2. The second kappa shape index (κ2) is 5.34. The smallest absolute Gasteiger partial charge is 0.414 e. The minimum Gasteiger partial charge on any atom is -0.419 e. The Morgan fingerprint density at radius 1 is 1.35 bits per heavy atom. The fraction of sp³-hybridized carbons (Fsp3) is 0.692. The van der Waals surface area contributed by atoms with Crippen molar-refractivity contribution in [3.8, 4) is 0 Å². The highest BCUT2D eigenvalue weighted by molar-refractivity contribution is 5.68. The van der Waals surface area contributed by atoms with Gasteiger partial charge in [-0.3, -0.25) is 0 Å². The molecule has 1 aliphatic carbocycles. The number of hydrogen-bond acceptors (Lipinski definition) is 3. The van der Waals surface area contributed by atoms with Crippen LogP contribution in [0.25, 0.3) is 0 Å². The second-order valence-corrected chi connectivity index (χ2v) is 4.97. The standard InChI is InChI=1S/C13H19NO3/c1-2-17-13(16)14-8-10-4-3-5-11(9-14)12(10)6-7-15/h2,7,10-12H,1,3-6,8-9H2. The number of carbonyl (C=O) groups is 2. The lowest BCUT2D eigenvalue weighted by Gasteiger charge is -2.46. The molecule has 0 aromatic heterocycles. The SMILES string of the molecule is C=COC(=O)N1CC2CCCC(C1)C2CC=O. The first kappa shape index (κ1) is 12.1. The number of piperidine rings is 1. The molecular weight excluding hydrogens is 218 g/mol. The van der Waals surface area contributed by atoms with Crippen LogP contribution in [0, 0.1) is 17.8 Å². The molecule has 0 radical (unpaired) electrons. The first-order valence-corrected chi connectivity index (χ1v) is 6.26. The average Bonchev–Trinajstić information content (AvgIpc) is 2.29. The number of amides is 1. The van der Waals surface area contributed by atoms with Crippen molar-refractivity contribution in [3.05, 3.63) is 12.8 Å². The lowest BCUT2D eigenvalue weighted by Crippen LogP contribution is -2.50. The van der Waals surface area contributed by atoms with Crippen LogP contribution in [0.2, 0.25) is 0 Å². The van der Waals surface area contributed by atoms with Crippen LogP contribution in [-0.2, 0) is 9.53 Å². The summed E-state index contributed by atoms with van der Waals surface area (Å²) >= 11 is 0. The Balaban J connectivity index is 2.03. The molecule has 2 bridgehead atoms. The molecule has 1 amide bonds. The lowest BCUT2D eigenvalue weighted by molar-refractivity contribution is -0.110. The third kappa shape index (κ3) is 2.51. The van der Waals surface area contributed by atoms with Crippen LogP contribution in [0.15, 0.2) is 12.8 Å². The first-order chi connectivity index (χ1) is 8.26. The zero-order chi connectivity index (χ0) is 12.3. The predicted molar refractivity (Wildman–Crippen MR) is 63.3 cm³/mol. The maximum Gasteiger partial charge on any atom is 0.414 e. The zero-order valence-electron chi connectivity index (χ0n) is 10.0. The van der Waals surface area contributed by atoms with E-state index in [0.717, 1.165) is 32.2 Å². The molecule has 1 heterocycles. The Morgan fingerprint density at radius 2 is 2.00 bits per heavy atom. The Kier molecular flexibility index (Phi) is 3.82. The van der Waals surface area contributed by atoms with Crippen molar-refractivity contribution in [3.63, 3.8) is 0 Å². The summed E-state index contributed by atoms with van der Waals surface area (Å²) in [6.45, 7) is 4.84. The fourth-order valence-corrected chi connectivity index (χ4v) is 3.34. The summed E-state index contributed by atoms with van der Waals surface area (Å²) in [5.41, 5.74) is 0. The van der Waals surface area contributed by atoms with E-state index in [4.69, 9.17) is 4.74 Å². The van der Waals surface area contributed by atoms with E-state index < -0.39 is 0 Å². The molecule has 2 fully saturated rings. The van der Waals surface area contributed by atoms with Crippen LogP contribution < -0.4 is 0 Å². The molecule has 4 nitrogen and oxygen atoms in total. The molecule has 94 valence electrons. The van der Waals surface area contributed by atoms with Gasteiger partial charge in [-0.1, -0.05) is 13.0 Å². The minimum atomic E-state index is -0.304. The molecule has 2 rings (SSSR count). The molecule has 0 spiro atoms. The van der Waals surface area contributed by atoms with Crippen molar-refractivity contribution in [1.82, 2.24) is 4.90 Å². The first-order valence-electron chi connectivity index (χ1n) is 6.26. The topological polar surface area (TPSA) is 46.6 Å². The number of nitrogens with zero attached hydrogens (tertiary/aromatic N) is 1. The number of fused-ring (bicyclic) bond motifs is 2. The van der Waals surface area contributed by atoms with Crippen molar-refractivity contribution in [2.75, 3.05) is 13.1 Å². The van der Waals surface area contributed by atoms with Gasteiger partial charge in [0.25, 0.3) is 0 Å². The van der Waals surface area contributed by atoms with Gasteiger partial charge in [0.15, 0.2) is 0 Å². The molecule has 0 N–H and O–H groups in total. The van der Waals surface area contributed by atoms with Gasteiger partial charge >= 0.3 is 6.09 Å². The summed E-state index contributed by atoms with van der Waals surface area (Å²) in [5, 5.41) is 0. The Labute approximate surface area is 102 Å². The molecule has 1 aliphatic heterocycles. The van der Waals surface area contributed by atoms with Crippen molar-refractivity contribution in [2.45, 2.75) is 25.7 Å². The molecule has 1 saturated heterocycles. The van der Waals surface area contributed by atoms with Crippen molar-refractivity contribution in [1.29, 1.82) is 0 Å². The molecule has 2 atom stereocenters. The van der Waals surface area contributed by atoms with Gasteiger partial charge in [0.2, 0.25) is 0 Å². The van der Waals surface area contributed by atoms with E-state index in [-0.39, 0.29) is 6.09 Å². The predicted octanol–water partition coefficient (Wildman–Crippen LogP) is 2.20. The van der Waals surface area contributed by atoms with E-state index in [2.05, 4.69) is 6.58 Å². The van der Waals surface area contributed by atoms with Gasteiger partial charge in [-0.05, 0) is 30.6 Å². The van der Waals surface area contributed by atoms with Crippen LogP contribution >= 0.6 is 0 Å². The molecule has 2 aliphatic rings. The van der Waals surface area contributed by atoms with Gasteiger partial charge in [0.1, 0.15) is 6.29 Å². The maximum atomic E-state index is 11.7. The van der Waals surface area contributed by atoms with Crippen molar-refractivity contribution in [2.24, 2.45) is 17.8 Å². The summed E-state index contributed by atoms with van der Waals surface area (Å²) in [5.74, 6) is 1.39. The Morgan fingerprint density at radius 3 is 2.53 bits per heavy atom. The van der Waals surface area contributed by atoms with Crippen LogP contribution in [-0.4, -0.2) is 30.4 Å². The van der Waals surface area contributed by atoms with E-state index >= 15 is 0 Å². The maximum absolute atomic E-state index is 11.7. The van der Waals surface area contributed by atoms with Crippen LogP contribution in [0.4, 0.5) is 4.79 Å². The van der Waals surface area contributed by atoms with E-state index in [1.165, 1.54) is 12.7 Å². The van der Waals surface area contributed by atoms with E-state index in [0.29, 0.717) is 24.2 Å². The van der Waals surface area contributed by atoms with Crippen molar-refractivity contribution >= 4 is 12.4 Å². The quantitative estimate of drug-likeness (QED) is 0.558. The average molecular weight is 237 g/mol. The summed E-state index contributed by atoms with van der Waals surface area (Å²) in [6.07, 6.45) is 5.99. The third-order valence-corrected chi connectivity index (χ3v) is 4.08. The summed E-state index contributed by atoms with van der Waals surface area (Å²) in [4.78, 5) is 24.1. The number of rotatable bonds is 3. The lowest BCUT2D eigenvalue weighted by atomic mass is 9.68. The number of aldehydes is 1. The summed E-state index contributed by atoms with van der Waals surface area (Å²) in [7, 11) is 0. The fourth-order valence-electron chi connectivity index (χ4n) is 3.34. The van der Waals surface area contributed by atoms with Gasteiger partial charge in [-0.15, -0.1) is 0 Å². The minimum absolute atomic E-state index is 0.304. The normalized spacial score (nSPS) is 31.8. The largest absolute Gasteiger partial charge is 0.419 e. The van der Waals surface area contributed by atoms with Crippen molar-refractivity contribution < 1.29 is 14.3 Å².